The first kappa shape index (κ1) is 16.3. The summed E-state index contributed by atoms with van der Waals surface area (Å²) in [7, 11) is 0. The zero-order valence-electron chi connectivity index (χ0n) is 12.2. The van der Waals surface area contributed by atoms with Crippen molar-refractivity contribution in [3.63, 3.8) is 0 Å². The van der Waals surface area contributed by atoms with Gasteiger partial charge in [-0.1, -0.05) is 0 Å². The number of carboxylic acid groups (broad SMARTS) is 1. The summed E-state index contributed by atoms with van der Waals surface area (Å²) in [6, 6.07) is -0.340. The Balaban J connectivity index is 2.50. The highest BCUT2D eigenvalue weighted by molar-refractivity contribution is 5.79. The van der Waals surface area contributed by atoms with Crippen molar-refractivity contribution >= 4 is 17.9 Å². The summed E-state index contributed by atoms with van der Waals surface area (Å²) in [4.78, 5) is 35.4. The monoisotopic (exact) mass is 285 g/mol. The number of hydrogen-bond acceptors (Lipinski definition) is 3. The quantitative estimate of drug-likeness (QED) is 0.687. The number of carbonyl (C=O) groups is 3. The van der Waals surface area contributed by atoms with Crippen LogP contribution in [0.5, 0.6) is 0 Å². The molecule has 0 aromatic rings. The van der Waals surface area contributed by atoms with Gasteiger partial charge in [-0.2, -0.15) is 0 Å². The highest BCUT2D eigenvalue weighted by atomic mass is 16.4. The number of hydrogen-bond donors (Lipinski definition) is 3. The van der Waals surface area contributed by atoms with Crippen molar-refractivity contribution in [3.8, 4) is 0 Å². The van der Waals surface area contributed by atoms with Gasteiger partial charge in [-0.3, -0.25) is 9.59 Å². The zero-order chi connectivity index (χ0) is 15.3. The van der Waals surface area contributed by atoms with Crippen LogP contribution in [0.25, 0.3) is 0 Å². The number of amides is 3. The lowest BCUT2D eigenvalue weighted by atomic mass is 10.1. The topological polar surface area (TPSA) is 98.7 Å². The van der Waals surface area contributed by atoms with E-state index in [1.165, 1.54) is 4.90 Å². The molecule has 0 radical (unpaired) electrons. The molecular weight excluding hydrogens is 262 g/mol. The minimum absolute atomic E-state index is 0.00260. The van der Waals surface area contributed by atoms with Gasteiger partial charge in [0, 0.05) is 31.1 Å². The van der Waals surface area contributed by atoms with E-state index in [2.05, 4.69) is 10.6 Å². The maximum Gasteiger partial charge on any atom is 0.317 e. The van der Waals surface area contributed by atoms with E-state index in [0.717, 1.165) is 0 Å². The molecule has 0 aliphatic carbocycles. The molecule has 0 saturated carbocycles. The molecule has 1 atom stereocenters. The molecule has 1 saturated heterocycles. The molecule has 0 aromatic carbocycles. The van der Waals surface area contributed by atoms with E-state index in [0.29, 0.717) is 19.4 Å². The Morgan fingerprint density at radius 1 is 1.45 bits per heavy atom. The summed E-state index contributed by atoms with van der Waals surface area (Å²) in [5.41, 5.74) is -0.460. The number of nitrogens with zero attached hydrogens (tertiary/aromatic N) is 1. The minimum Gasteiger partial charge on any atom is -0.481 e. The molecule has 1 aliphatic rings. The number of nitrogens with one attached hydrogen (secondary N) is 2. The average Bonchev–Trinajstić information content (AvgIpc) is 2.70. The predicted molar refractivity (Wildman–Crippen MR) is 73.3 cm³/mol. The molecule has 7 nitrogen and oxygen atoms in total. The molecule has 1 unspecified atom stereocenters. The van der Waals surface area contributed by atoms with Gasteiger partial charge in [-0.25, -0.2) is 4.79 Å². The average molecular weight is 285 g/mol. The Morgan fingerprint density at radius 3 is 2.55 bits per heavy atom. The van der Waals surface area contributed by atoms with E-state index >= 15 is 0 Å². The van der Waals surface area contributed by atoms with Crippen LogP contribution in [-0.2, 0) is 9.59 Å². The molecule has 3 amide bonds. The normalized spacial score (nSPS) is 18.6. The highest BCUT2D eigenvalue weighted by Crippen LogP contribution is 2.14. The lowest BCUT2D eigenvalue weighted by Crippen LogP contribution is -2.53. The summed E-state index contributed by atoms with van der Waals surface area (Å²) in [6.45, 7) is 6.08. The summed E-state index contributed by atoms with van der Waals surface area (Å²) in [5, 5.41) is 14.3. The van der Waals surface area contributed by atoms with Crippen molar-refractivity contribution < 1.29 is 19.5 Å². The Hall–Kier alpha value is -1.79. The SMILES string of the molecule is CC(C)(C)N(CCC(=O)O)C(=O)NCC1CCC(=O)N1. The van der Waals surface area contributed by atoms with Gasteiger partial charge in [0.15, 0.2) is 0 Å². The van der Waals surface area contributed by atoms with Crippen LogP contribution < -0.4 is 10.6 Å². The first-order valence-corrected chi connectivity index (χ1v) is 6.77. The van der Waals surface area contributed by atoms with Crippen molar-refractivity contribution in [2.75, 3.05) is 13.1 Å². The van der Waals surface area contributed by atoms with Crippen LogP contribution >= 0.6 is 0 Å². The largest absolute Gasteiger partial charge is 0.481 e. The minimum atomic E-state index is -0.935. The Bertz CT molecular complexity index is 390. The summed E-state index contributed by atoms with van der Waals surface area (Å²) in [6.07, 6.45) is 1.11. The van der Waals surface area contributed by atoms with Crippen LogP contribution in [0.2, 0.25) is 0 Å². The van der Waals surface area contributed by atoms with E-state index in [1.54, 1.807) is 0 Å². The molecule has 1 rings (SSSR count). The first-order chi connectivity index (χ1) is 9.20. The van der Waals surface area contributed by atoms with Gasteiger partial charge in [0.2, 0.25) is 5.91 Å². The first-order valence-electron chi connectivity index (χ1n) is 6.77. The lowest BCUT2D eigenvalue weighted by molar-refractivity contribution is -0.137. The molecule has 0 spiro atoms. The zero-order valence-corrected chi connectivity index (χ0v) is 12.2. The van der Waals surface area contributed by atoms with E-state index in [-0.39, 0.29) is 30.9 Å². The lowest BCUT2D eigenvalue weighted by Gasteiger charge is -2.35. The van der Waals surface area contributed by atoms with Crippen LogP contribution in [0.4, 0.5) is 4.79 Å². The van der Waals surface area contributed by atoms with Crippen LogP contribution in [0, 0.1) is 0 Å². The highest BCUT2D eigenvalue weighted by Gasteiger charge is 2.28. The molecule has 0 bridgehead atoms. The van der Waals surface area contributed by atoms with Crippen LogP contribution in [0.1, 0.15) is 40.0 Å². The van der Waals surface area contributed by atoms with E-state index in [1.807, 2.05) is 20.8 Å². The number of rotatable bonds is 5. The van der Waals surface area contributed by atoms with Gasteiger partial charge in [-0.15, -0.1) is 0 Å². The molecule has 114 valence electrons. The molecule has 3 N–H and O–H groups in total. The van der Waals surface area contributed by atoms with Crippen molar-refractivity contribution in [1.29, 1.82) is 0 Å². The van der Waals surface area contributed by atoms with Gasteiger partial charge in [0.25, 0.3) is 0 Å². The van der Waals surface area contributed by atoms with Crippen molar-refractivity contribution in [2.45, 2.75) is 51.6 Å². The number of aliphatic carboxylic acids is 1. The fourth-order valence-electron chi connectivity index (χ4n) is 2.09. The van der Waals surface area contributed by atoms with Crippen molar-refractivity contribution in [2.24, 2.45) is 0 Å². The van der Waals surface area contributed by atoms with Gasteiger partial charge in [0.1, 0.15) is 0 Å². The van der Waals surface area contributed by atoms with Gasteiger partial charge in [-0.05, 0) is 27.2 Å². The summed E-state index contributed by atoms with van der Waals surface area (Å²) >= 11 is 0. The number of carbonyl (C=O) groups excluding carboxylic acids is 2. The van der Waals surface area contributed by atoms with Crippen LogP contribution in [-0.4, -0.2) is 52.6 Å². The molecule has 0 aromatic heterocycles. The Labute approximate surface area is 118 Å². The molecule has 1 heterocycles. The molecule has 20 heavy (non-hydrogen) atoms. The second-order valence-corrected chi connectivity index (χ2v) is 5.96. The van der Waals surface area contributed by atoms with Crippen molar-refractivity contribution in [1.82, 2.24) is 15.5 Å². The van der Waals surface area contributed by atoms with Gasteiger partial charge >= 0.3 is 12.0 Å². The Morgan fingerprint density at radius 2 is 2.10 bits per heavy atom. The van der Waals surface area contributed by atoms with E-state index < -0.39 is 11.5 Å². The van der Waals surface area contributed by atoms with Crippen LogP contribution in [0.3, 0.4) is 0 Å². The smallest absolute Gasteiger partial charge is 0.317 e. The standard InChI is InChI=1S/C13H23N3O4/c1-13(2,3)16(7-6-11(18)19)12(20)14-8-9-4-5-10(17)15-9/h9H,4-8H2,1-3H3,(H,14,20)(H,15,17)(H,18,19). The van der Waals surface area contributed by atoms with Gasteiger partial charge < -0.3 is 20.6 Å². The predicted octanol–water partition coefficient (Wildman–Crippen LogP) is 0.550. The third-order valence-electron chi connectivity index (χ3n) is 3.19. The third-order valence-corrected chi connectivity index (χ3v) is 3.19. The number of urea groups is 1. The fourth-order valence-corrected chi connectivity index (χ4v) is 2.09. The van der Waals surface area contributed by atoms with Gasteiger partial charge in [0.05, 0.1) is 6.42 Å². The molecule has 1 fully saturated rings. The van der Waals surface area contributed by atoms with Crippen LogP contribution in [0.15, 0.2) is 0 Å². The second kappa shape index (κ2) is 6.58. The van der Waals surface area contributed by atoms with Crippen molar-refractivity contribution in [3.05, 3.63) is 0 Å². The molecule has 1 aliphatic heterocycles. The molecule has 7 heteroatoms. The molecular formula is C13H23N3O4. The fraction of sp³-hybridized carbons (Fsp3) is 0.769. The number of carboxylic acids is 1. The van der Waals surface area contributed by atoms with E-state index in [9.17, 15) is 14.4 Å². The second-order valence-electron chi connectivity index (χ2n) is 5.96. The maximum absolute atomic E-state index is 12.1. The maximum atomic E-state index is 12.1. The third kappa shape index (κ3) is 5.07. The van der Waals surface area contributed by atoms with E-state index in [4.69, 9.17) is 5.11 Å². The Kier molecular flexibility index (Phi) is 5.35. The summed E-state index contributed by atoms with van der Waals surface area (Å²) in [5.74, 6) is -0.932. The summed E-state index contributed by atoms with van der Waals surface area (Å²) < 4.78 is 0.